The zero-order valence-corrected chi connectivity index (χ0v) is 8.91. The molecule has 15 heavy (non-hydrogen) atoms. The summed E-state index contributed by atoms with van der Waals surface area (Å²) in [7, 11) is 1.10. The summed E-state index contributed by atoms with van der Waals surface area (Å²) in [5, 5.41) is 0. The van der Waals surface area contributed by atoms with Crippen molar-refractivity contribution in [3.05, 3.63) is 5.53 Å². The van der Waals surface area contributed by atoms with Crippen LogP contribution >= 0.6 is 12.2 Å². The van der Waals surface area contributed by atoms with Gasteiger partial charge in [0.1, 0.15) is 0 Å². The lowest BCUT2D eigenvalue weighted by molar-refractivity contribution is -0.141. The Hall–Kier alpha value is -1.59. The Morgan fingerprint density at radius 3 is 2.67 bits per heavy atom. The molecule has 0 aromatic heterocycles. The summed E-state index contributed by atoms with van der Waals surface area (Å²) in [6.45, 7) is 0.438. The van der Waals surface area contributed by atoms with Gasteiger partial charge >= 0.3 is 17.6 Å². The minimum Gasteiger partial charge on any atom is -0.460 e. The molecule has 1 rings (SSSR count). The predicted octanol–water partition coefficient (Wildman–Crippen LogP) is -0.220. The summed E-state index contributed by atoms with van der Waals surface area (Å²) in [5.74, 6) is -1.69. The molecule has 1 aliphatic heterocycles. The summed E-state index contributed by atoms with van der Waals surface area (Å²) >= 11 is 4.92. The molecule has 0 unspecified atom stereocenters. The molecule has 0 aromatic rings. The van der Waals surface area contributed by atoms with E-state index in [1.807, 2.05) is 0 Å². The third-order valence-electron chi connectivity index (χ3n) is 2.00. The van der Waals surface area contributed by atoms with Gasteiger partial charge in [-0.15, -0.1) is 0 Å². The lowest BCUT2D eigenvalue weighted by atomic mass is 10.3. The minimum absolute atomic E-state index is 0.438. The van der Waals surface area contributed by atoms with Crippen molar-refractivity contribution in [3.63, 3.8) is 0 Å². The van der Waals surface area contributed by atoms with Gasteiger partial charge in [-0.1, -0.05) is 12.2 Å². The first-order valence-corrected chi connectivity index (χ1v) is 4.67. The zero-order valence-electron chi connectivity index (χ0n) is 8.10. The third kappa shape index (κ3) is 2.26. The molecule has 1 saturated heterocycles. The van der Waals surface area contributed by atoms with Crippen molar-refractivity contribution in [2.45, 2.75) is 12.8 Å². The Labute approximate surface area is 91.4 Å². The molecule has 0 aliphatic carbocycles. The minimum atomic E-state index is -0.975. The highest BCUT2D eigenvalue weighted by atomic mass is 32.1. The van der Waals surface area contributed by atoms with Crippen LogP contribution in [0.1, 0.15) is 12.8 Å². The van der Waals surface area contributed by atoms with Crippen molar-refractivity contribution >= 4 is 34.8 Å². The molecule has 1 aliphatic rings. The van der Waals surface area contributed by atoms with Crippen LogP contribution in [-0.4, -0.2) is 45.9 Å². The SMILES string of the molecule is COC(=O)C(=[N+]=[N-])C(=O)N1CCCC1=S. The molecule has 7 heteroatoms. The second kappa shape index (κ2) is 4.77. The Balaban J connectivity index is 2.88. The molecule has 1 fully saturated rings. The van der Waals surface area contributed by atoms with Gasteiger partial charge < -0.3 is 10.3 Å². The number of methoxy groups -OCH3 is 1. The lowest BCUT2D eigenvalue weighted by Crippen LogP contribution is -2.41. The Morgan fingerprint density at radius 2 is 2.27 bits per heavy atom. The van der Waals surface area contributed by atoms with Crippen LogP contribution in [-0.2, 0) is 14.3 Å². The van der Waals surface area contributed by atoms with Gasteiger partial charge in [0, 0.05) is 13.0 Å². The van der Waals surface area contributed by atoms with Crippen LogP contribution in [0.25, 0.3) is 5.53 Å². The molecule has 0 aromatic carbocycles. The van der Waals surface area contributed by atoms with E-state index in [0.29, 0.717) is 18.0 Å². The summed E-state index contributed by atoms with van der Waals surface area (Å²) in [4.78, 5) is 27.0. The van der Waals surface area contributed by atoms with Crippen LogP contribution in [0.15, 0.2) is 0 Å². The van der Waals surface area contributed by atoms with Gasteiger partial charge in [-0.25, -0.2) is 4.79 Å². The maximum atomic E-state index is 11.6. The summed E-state index contributed by atoms with van der Waals surface area (Å²) < 4.78 is 4.30. The van der Waals surface area contributed by atoms with Crippen LogP contribution < -0.4 is 0 Å². The molecule has 0 N–H and O–H groups in total. The quantitative estimate of drug-likeness (QED) is 0.163. The molecular formula is C8H9N3O3S. The first kappa shape index (κ1) is 11.5. The van der Waals surface area contributed by atoms with E-state index in [1.165, 1.54) is 4.90 Å². The van der Waals surface area contributed by atoms with E-state index in [9.17, 15) is 9.59 Å². The predicted molar refractivity (Wildman–Crippen MR) is 54.2 cm³/mol. The van der Waals surface area contributed by atoms with E-state index < -0.39 is 17.6 Å². The number of likely N-dealkylation sites (tertiary alicyclic amines) is 1. The van der Waals surface area contributed by atoms with E-state index in [-0.39, 0.29) is 0 Å². The highest BCUT2D eigenvalue weighted by Gasteiger charge is 2.38. The van der Waals surface area contributed by atoms with Crippen molar-refractivity contribution in [2.24, 2.45) is 0 Å². The molecule has 1 amide bonds. The highest BCUT2D eigenvalue weighted by molar-refractivity contribution is 7.80. The van der Waals surface area contributed by atoms with Crippen molar-refractivity contribution < 1.29 is 19.1 Å². The second-order valence-electron chi connectivity index (χ2n) is 2.89. The smallest absolute Gasteiger partial charge is 0.460 e. The molecule has 0 saturated carbocycles. The van der Waals surface area contributed by atoms with Gasteiger partial charge in [-0.05, 0) is 6.42 Å². The zero-order chi connectivity index (χ0) is 11.4. The van der Waals surface area contributed by atoms with Gasteiger partial charge in [0.2, 0.25) is 0 Å². The molecule has 0 radical (unpaired) electrons. The maximum Gasteiger partial charge on any atom is 0.463 e. The van der Waals surface area contributed by atoms with Gasteiger partial charge in [0.05, 0.1) is 12.1 Å². The van der Waals surface area contributed by atoms with E-state index in [0.717, 1.165) is 13.5 Å². The van der Waals surface area contributed by atoms with E-state index in [1.54, 1.807) is 0 Å². The number of nitrogens with zero attached hydrogens (tertiary/aromatic N) is 3. The molecular weight excluding hydrogens is 218 g/mol. The number of carbonyl (C=O) groups excluding carboxylic acids is 2. The topological polar surface area (TPSA) is 83.0 Å². The molecule has 6 nitrogen and oxygen atoms in total. The van der Waals surface area contributed by atoms with Crippen molar-refractivity contribution in [3.8, 4) is 0 Å². The average Bonchev–Trinajstić information content (AvgIpc) is 2.65. The number of amides is 1. The number of rotatable bonds is 2. The van der Waals surface area contributed by atoms with Crippen LogP contribution in [0.3, 0.4) is 0 Å². The summed E-state index contributed by atoms with van der Waals surface area (Å²) in [6, 6.07) is 0. The molecule has 1 heterocycles. The fourth-order valence-corrected chi connectivity index (χ4v) is 1.58. The fourth-order valence-electron chi connectivity index (χ4n) is 1.26. The van der Waals surface area contributed by atoms with Crippen molar-refractivity contribution in [1.29, 1.82) is 0 Å². The van der Waals surface area contributed by atoms with E-state index in [4.69, 9.17) is 17.7 Å². The van der Waals surface area contributed by atoms with Crippen LogP contribution in [0.2, 0.25) is 0 Å². The Morgan fingerprint density at radius 1 is 1.60 bits per heavy atom. The fraction of sp³-hybridized carbons (Fsp3) is 0.500. The first-order chi connectivity index (χ1) is 7.11. The summed E-state index contributed by atoms with van der Waals surface area (Å²) in [6.07, 6.45) is 1.38. The van der Waals surface area contributed by atoms with Crippen molar-refractivity contribution in [1.82, 2.24) is 4.90 Å². The summed E-state index contributed by atoms with van der Waals surface area (Å²) in [5.41, 5.74) is 7.89. The average molecular weight is 227 g/mol. The van der Waals surface area contributed by atoms with Crippen LogP contribution in [0.5, 0.6) is 0 Å². The number of ether oxygens (including phenoxy) is 1. The van der Waals surface area contributed by atoms with Gasteiger partial charge in [0.25, 0.3) is 0 Å². The first-order valence-electron chi connectivity index (χ1n) is 4.27. The molecule has 0 bridgehead atoms. The normalized spacial score (nSPS) is 14.7. The van der Waals surface area contributed by atoms with E-state index in [2.05, 4.69) is 9.53 Å². The van der Waals surface area contributed by atoms with Crippen LogP contribution in [0.4, 0.5) is 0 Å². The number of hydrogen-bond donors (Lipinski definition) is 0. The Bertz CT molecular complexity index is 373. The molecule has 0 spiro atoms. The number of hydrogen-bond acceptors (Lipinski definition) is 4. The molecule has 80 valence electrons. The van der Waals surface area contributed by atoms with Gasteiger partial charge in [-0.2, -0.15) is 4.79 Å². The third-order valence-corrected chi connectivity index (χ3v) is 2.42. The lowest BCUT2D eigenvalue weighted by Gasteiger charge is -2.11. The standard InChI is InChI=1S/C8H9N3O3S/c1-14-8(13)6(10-9)7(12)11-4-2-3-5(11)15/h2-4H2,1H3. The number of esters is 1. The number of carbonyl (C=O) groups is 2. The Kier molecular flexibility index (Phi) is 3.65. The highest BCUT2D eigenvalue weighted by Crippen LogP contribution is 2.12. The molecule has 0 atom stereocenters. The largest absolute Gasteiger partial charge is 0.463 e. The van der Waals surface area contributed by atoms with Gasteiger partial charge in [-0.3, -0.25) is 9.69 Å². The number of thiocarbonyl (C=S) groups is 1. The van der Waals surface area contributed by atoms with Crippen molar-refractivity contribution in [2.75, 3.05) is 13.7 Å². The van der Waals surface area contributed by atoms with Crippen LogP contribution in [0, 0.1) is 0 Å². The maximum absolute atomic E-state index is 11.6. The van der Waals surface area contributed by atoms with Gasteiger partial charge in [0.15, 0.2) is 0 Å². The van der Waals surface area contributed by atoms with E-state index >= 15 is 0 Å². The second-order valence-corrected chi connectivity index (χ2v) is 3.37. The monoisotopic (exact) mass is 227 g/mol.